The van der Waals surface area contributed by atoms with Gasteiger partial charge < -0.3 is 13.9 Å². The highest BCUT2D eigenvalue weighted by Gasteiger charge is 2.22. The van der Waals surface area contributed by atoms with E-state index in [9.17, 15) is 4.79 Å². The number of hydrogen-bond acceptors (Lipinski definition) is 7. The molecule has 0 N–H and O–H groups in total. The topological polar surface area (TPSA) is 87.3 Å². The molecule has 3 aromatic rings. The molecule has 26 heavy (non-hydrogen) atoms. The molecule has 1 unspecified atom stereocenters. The van der Waals surface area contributed by atoms with E-state index in [-0.39, 0.29) is 17.3 Å². The summed E-state index contributed by atoms with van der Waals surface area (Å²) in [6, 6.07) is 11.0. The van der Waals surface area contributed by atoms with Crippen molar-refractivity contribution in [2.24, 2.45) is 0 Å². The van der Waals surface area contributed by atoms with Crippen LogP contribution in [0.2, 0.25) is 0 Å². The predicted octanol–water partition coefficient (Wildman–Crippen LogP) is 3.76. The van der Waals surface area contributed by atoms with Gasteiger partial charge in [-0.2, -0.15) is 0 Å². The van der Waals surface area contributed by atoms with Crippen molar-refractivity contribution in [2.75, 3.05) is 6.61 Å². The summed E-state index contributed by atoms with van der Waals surface area (Å²) in [4.78, 5) is 16.5. The van der Waals surface area contributed by atoms with Crippen LogP contribution in [0.3, 0.4) is 0 Å². The van der Waals surface area contributed by atoms with Crippen molar-refractivity contribution in [2.45, 2.75) is 26.9 Å². The molecule has 3 rings (SSSR count). The van der Waals surface area contributed by atoms with Gasteiger partial charge in [0.25, 0.3) is 5.89 Å². The molecule has 134 valence electrons. The van der Waals surface area contributed by atoms with Gasteiger partial charge in [-0.25, -0.2) is 9.78 Å². The van der Waals surface area contributed by atoms with Crippen LogP contribution in [0.1, 0.15) is 41.8 Å². The molecule has 0 aliphatic heterocycles. The highest BCUT2D eigenvalue weighted by Crippen LogP contribution is 2.25. The van der Waals surface area contributed by atoms with E-state index in [1.165, 1.54) is 0 Å². The molecule has 0 amide bonds. The molecule has 0 fully saturated rings. The van der Waals surface area contributed by atoms with Gasteiger partial charge in [-0.05, 0) is 45.0 Å². The van der Waals surface area contributed by atoms with E-state index >= 15 is 0 Å². The van der Waals surface area contributed by atoms with E-state index in [4.69, 9.17) is 13.9 Å². The second kappa shape index (κ2) is 7.77. The molecule has 0 radical (unpaired) electrons. The largest absolute Gasteiger partial charge is 0.477 e. The average Bonchev–Trinajstić information content (AvgIpc) is 3.13. The summed E-state index contributed by atoms with van der Waals surface area (Å²) in [5, 5.41) is 8.02. The van der Waals surface area contributed by atoms with Crippen LogP contribution in [-0.4, -0.2) is 27.8 Å². The smallest absolute Gasteiger partial charge is 0.344 e. The number of ether oxygens (including phenoxy) is 2. The number of hydrogen-bond donors (Lipinski definition) is 0. The number of aromatic nitrogens is 3. The van der Waals surface area contributed by atoms with Crippen molar-refractivity contribution in [1.82, 2.24) is 15.2 Å². The second-order valence-electron chi connectivity index (χ2n) is 5.65. The minimum absolute atomic E-state index is 0.219. The third-order valence-electron chi connectivity index (χ3n) is 3.61. The van der Waals surface area contributed by atoms with Crippen molar-refractivity contribution in [3.63, 3.8) is 0 Å². The third kappa shape index (κ3) is 3.88. The summed E-state index contributed by atoms with van der Waals surface area (Å²) in [5.41, 5.74) is 2.15. The molecule has 0 spiro atoms. The van der Waals surface area contributed by atoms with Gasteiger partial charge in [0.15, 0.2) is 6.10 Å². The number of benzene rings is 1. The summed E-state index contributed by atoms with van der Waals surface area (Å²) in [7, 11) is 0. The van der Waals surface area contributed by atoms with Crippen molar-refractivity contribution in [1.29, 1.82) is 0 Å². The van der Waals surface area contributed by atoms with Gasteiger partial charge >= 0.3 is 5.97 Å². The molecule has 0 bridgehead atoms. The Morgan fingerprint density at radius 2 is 2.08 bits per heavy atom. The summed E-state index contributed by atoms with van der Waals surface area (Å²) in [6.07, 6.45) is 0.848. The van der Waals surface area contributed by atoms with Crippen molar-refractivity contribution < 1.29 is 18.7 Å². The van der Waals surface area contributed by atoms with E-state index in [0.717, 1.165) is 11.1 Å². The standard InChI is InChI=1S/C19H19N3O4/c1-4-24-18-15(9-6-10-20-18)19(23)25-13(3)16-21-22-17(26-16)14-8-5-7-12(2)11-14/h5-11,13H,4H2,1-3H3. The van der Waals surface area contributed by atoms with Crippen LogP contribution in [0.25, 0.3) is 11.5 Å². The lowest BCUT2D eigenvalue weighted by atomic mass is 10.1. The highest BCUT2D eigenvalue weighted by atomic mass is 16.6. The Hall–Kier alpha value is -3.22. The minimum atomic E-state index is -0.705. The molecule has 0 aliphatic rings. The first-order valence-electron chi connectivity index (χ1n) is 8.27. The van der Waals surface area contributed by atoms with Crippen molar-refractivity contribution in [3.05, 3.63) is 59.6 Å². The fraction of sp³-hybridized carbons (Fsp3) is 0.263. The molecule has 0 saturated heterocycles. The van der Waals surface area contributed by atoms with Gasteiger partial charge in [0, 0.05) is 11.8 Å². The molecule has 0 saturated carbocycles. The highest BCUT2D eigenvalue weighted by molar-refractivity contribution is 5.91. The van der Waals surface area contributed by atoms with Crippen LogP contribution in [0.4, 0.5) is 0 Å². The molecule has 2 heterocycles. The zero-order valence-corrected chi connectivity index (χ0v) is 14.8. The van der Waals surface area contributed by atoms with Crippen molar-refractivity contribution in [3.8, 4) is 17.3 Å². The number of pyridine rings is 1. The van der Waals surface area contributed by atoms with Gasteiger partial charge in [-0.15, -0.1) is 10.2 Å². The molecule has 1 aromatic carbocycles. The lowest BCUT2D eigenvalue weighted by Gasteiger charge is -2.11. The molecular weight excluding hydrogens is 334 g/mol. The number of esters is 1. The predicted molar refractivity (Wildman–Crippen MR) is 93.7 cm³/mol. The quantitative estimate of drug-likeness (QED) is 0.624. The van der Waals surface area contributed by atoms with Gasteiger partial charge in [0.05, 0.1) is 6.61 Å². The summed E-state index contributed by atoms with van der Waals surface area (Å²) in [5.74, 6) is 0.266. The third-order valence-corrected chi connectivity index (χ3v) is 3.61. The van der Waals surface area contributed by atoms with Crippen LogP contribution < -0.4 is 4.74 Å². The van der Waals surface area contributed by atoms with Gasteiger partial charge in [0.1, 0.15) is 5.56 Å². The maximum atomic E-state index is 12.4. The number of carbonyl (C=O) groups excluding carboxylic acids is 1. The van der Waals surface area contributed by atoms with E-state index < -0.39 is 12.1 Å². The number of aryl methyl sites for hydroxylation is 1. The average molecular weight is 353 g/mol. The van der Waals surface area contributed by atoms with Crippen LogP contribution >= 0.6 is 0 Å². The molecular formula is C19H19N3O4. The summed E-state index contributed by atoms with van der Waals surface area (Å²) < 4.78 is 16.4. The Kier molecular flexibility index (Phi) is 5.26. The van der Waals surface area contributed by atoms with Crippen LogP contribution in [-0.2, 0) is 4.74 Å². The van der Waals surface area contributed by atoms with E-state index in [1.54, 1.807) is 25.3 Å². The lowest BCUT2D eigenvalue weighted by Crippen LogP contribution is -2.12. The first-order valence-corrected chi connectivity index (χ1v) is 8.27. The number of rotatable bonds is 6. The maximum Gasteiger partial charge on any atom is 0.344 e. The van der Waals surface area contributed by atoms with Crippen LogP contribution in [0, 0.1) is 6.92 Å². The van der Waals surface area contributed by atoms with Crippen LogP contribution in [0.5, 0.6) is 5.88 Å². The summed E-state index contributed by atoms with van der Waals surface area (Å²) in [6.45, 7) is 5.87. The first kappa shape index (κ1) is 17.6. The normalized spacial score (nSPS) is 11.8. The Morgan fingerprint density at radius 1 is 1.23 bits per heavy atom. The Bertz CT molecular complexity index is 907. The van der Waals surface area contributed by atoms with Crippen molar-refractivity contribution >= 4 is 5.97 Å². The zero-order valence-electron chi connectivity index (χ0n) is 14.8. The summed E-state index contributed by atoms with van der Waals surface area (Å²) >= 11 is 0. The Labute approximate surface area is 151 Å². The minimum Gasteiger partial charge on any atom is -0.477 e. The molecule has 7 heteroatoms. The molecule has 7 nitrogen and oxygen atoms in total. The fourth-order valence-electron chi connectivity index (χ4n) is 2.37. The van der Waals surface area contributed by atoms with E-state index in [1.807, 2.05) is 38.1 Å². The Balaban J connectivity index is 1.75. The maximum absolute atomic E-state index is 12.4. The lowest BCUT2D eigenvalue weighted by molar-refractivity contribution is 0.0275. The Morgan fingerprint density at radius 3 is 2.85 bits per heavy atom. The number of nitrogens with zero attached hydrogens (tertiary/aromatic N) is 3. The zero-order chi connectivity index (χ0) is 18.5. The number of carbonyl (C=O) groups is 1. The fourth-order valence-corrected chi connectivity index (χ4v) is 2.37. The monoisotopic (exact) mass is 353 g/mol. The van der Waals surface area contributed by atoms with Gasteiger partial charge in [-0.1, -0.05) is 17.7 Å². The van der Waals surface area contributed by atoms with Gasteiger partial charge in [-0.3, -0.25) is 0 Å². The first-order chi connectivity index (χ1) is 12.6. The second-order valence-corrected chi connectivity index (χ2v) is 5.65. The van der Waals surface area contributed by atoms with E-state index in [0.29, 0.717) is 12.5 Å². The molecule has 2 aromatic heterocycles. The SMILES string of the molecule is CCOc1ncccc1C(=O)OC(C)c1nnc(-c2cccc(C)c2)o1. The molecule has 0 aliphatic carbocycles. The molecule has 1 atom stereocenters. The van der Waals surface area contributed by atoms with E-state index in [2.05, 4.69) is 15.2 Å². The van der Waals surface area contributed by atoms with Gasteiger partial charge in [0.2, 0.25) is 11.8 Å². The van der Waals surface area contributed by atoms with Crippen LogP contribution in [0.15, 0.2) is 47.0 Å².